The van der Waals surface area contributed by atoms with Crippen LogP contribution in [0.5, 0.6) is 0 Å². The molecule has 0 aliphatic heterocycles. The van der Waals surface area contributed by atoms with Gasteiger partial charge >= 0.3 is 5.97 Å². The van der Waals surface area contributed by atoms with Crippen LogP contribution in [0.25, 0.3) is 0 Å². The SMILES string of the molecule is CCC1(CC)C(OC)CC1N(C)c1cnc(C(=O)O)cn1. The Labute approximate surface area is 125 Å². The summed E-state index contributed by atoms with van der Waals surface area (Å²) in [5.74, 6) is -0.359. The summed E-state index contributed by atoms with van der Waals surface area (Å²) in [7, 11) is 3.75. The van der Waals surface area contributed by atoms with Crippen LogP contribution in [0.1, 0.15) is 43.6 Å². The number of aromatic carboxylic acids is 1. The molecule has 1 N–H and O–H groups in total. The highest BCUT2D eigenvalue weighted by molar-refractivity contribution is 5.84. The zero-order chi connectivity index (χ0) is 15.6. The van der Waals surface area contributed by atoms with Crippen LogP contribution in [-0.2, 0) is 4.74 Å². The van der Waals surface area contributed by atoms with Crippen molar-refractivity contribution in [3.8, 4) is 0 Å². The monoisotopic (exact) mass is 293 g/mol. The first-order valence-electron chi connectivity index (χ1n) is 7.31. The van der Waals surface area contributed by atoms with E-state index in [-0.39, 0.29) is 17.2 Å². The van der Waals surface area contributed by atoms with Crippen molar-refractivity contribution in [1.82, 2.24) is 9.97 Å². The summed E-state index contributed by atoms with van der Waals surface area (Å²) < 4.78 is 5.61. The van der Waals surface area contributed by atoms with Gasteiger partial charge in [0.2, 0.25) is 0 Å². The fourth-order valence-corrected chi connectivity index (χ4v) is 3.55. The molecule has 2 unspecified atom stereocenters. The summed E-state index contributed by atoms with van der Waals surface area (Å²) in [6.07, 6.45) is 6.14. The van der Waals surface area contributed by atoms with E-state index in [1.807, 2.05) is 7.05 Å². The lowest BCUT2D eigenvalue weighted by molar-refractivity contribution is -0.113. The third-order valence-corrected chi connectivity index (χ3v) is 5.03. The average Bonchev–Trinajstić information content (AvgIpc) is 2.48. The van der Waals surface area contributed by atoms with Crippen LogP contribution in [-0.4, -0.2) is 47.3 Å². The number of hydrogen-bond acceptors (Lipinski definition) is 5. The van der Waals surface area contributed by atoms with E-state index >= 15 is 0 Å². The third kappa shape index (κ3) is 2.48. The number of carboxylic acids is 1. The maximum atomic E-state index is 10.8. The molecule has 6 heteroatoms. The summed E-state index contributed by atoms with van der Waals surface area (Å²) in [4.78, 5) is 21.1. The van der Waals surface area contributed by atoms with E-state index in [0.717, 1.165) is 19.3 Å². The van der Waals surface area contributed by atoms with E-state index in [9.17, 15) is 4.79 Å². The van der Waals surface area contributed by atoms with Gasteiger partial charge in [0.05, 0.1) is 18.5 Å². The Bertz CT molecular complexity index is 499. The number of anilines is 1. The second-order valence-electron chi connectivity index (χ2n) is 5.59. The maximum absolute atomic E-state index is 10.8. The summed E-state index contributed by atoms with van der Waals surface area (Å²) >= 11 is 0. The molecule has 6 nitrogen and oxygen atoms in total. The van der Waals surface area contributed by atoms with Gasteiger partial charge in [-0.15, -0.1) is 0 Å². The van der Waals surface area contributed by atoms with Crippen LogP contribution >= 0.6 is 0 Å². The number of methoxy groups -OCH3 is 1. The van der Waals surface area contributed by atoms with E-state index in [1.165, 1.54) is 12.4 Å². The number of carboxylic acid groups (broad SMARTS) is 1. The molecule has 0 saturated heterocycles. The van der Waals surface area contributed by atoms with Gasteiger partial charge in [-0.05, 0) is 19.3 Å². The molecule has 2 rings (SSSR count). The molecule has 2 atom stereocenters. The van der Waals surface area contributed by atoms with Crippen molar-refractivity contribution in [2.75, 3.05) is 19.1 Å². The highest BCUT2D eigenvalue weighted by atomic mass is 16.5. The standard InChI is InChI=1S/C15H23N3O3/c1-5-15(6-2)11(7-12(15)21-4)18(3)13-9-16-10(8-17-13)14(19)20/h8-9,11-12H,5-7H2,1-4H3,(H,19,20). The van der Waals surface area contributed by atoms with Gasteiger partial charge in [0.25, 0.3) is 0 Å². The summed E-state index contributed by atoms with van der Waals surface area (Å²) in [6, 6.07) is 0.336. The molecule has 0 radical (unpaired) electrons. The fourth-order valence-electron chi connectivity index (χ4n) is 3.55. The van der Waals surface area contributed by atoms with E-state index in [1.54, 1.807) is 7.11 Å². The molecule has 0 aromatic carbocycles. The Balaban J connectivity index is 2.20. The van der Waals surface area contributed by atoms with Crippen molar-refractivity contribution in [3.63, 3.8) is 0 Å². The van der Waals surface area contributed by atoms with E-state index in [2.05, 4.69) is 28.7 Å². The average molecular weight is 293 g/mol. The second kappa shape index (κ2) is 5.97. The van der Waals surface area contributed by atoms with Gasteiger partial charge in [-0.25, -0.2) is 14.8 Å². The molecule has 1 aromatic rings. The minimum atomic E-state index is -1.06. The number of carbonyl (C=O) groups is 1. The predicted molar refractivity (Wildman–Crippen MR) is 79.6 cm³/mol. The lowest BCUT2D eigenvalue weighted by Gasteiger charge is -2.58. The molecule has 0 amide bonds. The summed E-state index contributed by atoms with van der Waals surface area (Å²) in [5.41, 5.74) is 0.0872. The largest absolute Gasteiger partial charge is 0.476 e. The quantitative estimate of drug-likeness (QED) is 0.866. The molecule has 1 aliphatic carbocycles. The number of rotatable bonds is 6. The summed E-state index contributed by atoms with van der Waals surface area (Å²) in [5, 5.41) is 8.87. The molecule has 21 heavy (non-hydrogen) atoms. The van der Waals surface area contributed by atoms with Gasteiger partial charge in [0, 0.05) is 25.6 Å². The topological polar surface area (TPSA) is 75.5 Å². The first kappa shape index (κ1) is 15.7. The van der Waals surface area contributed by atoms with Gasteiger partial charge in [0.1, 0.15) is 5.82 Å². The lowest BCUT2D eigenvalue weighted by atomic mass is 9.58. The van der Waals surface area contributed by atoms with Crippen LogP contribution in [0, 0.1) is 5.41 Å². The minimum absolute atomic E-state index is 0.0345. The van der Waals surface area contributed by atoms with Crippen LogP contribution in [0.2, 0.25) is 0 Å². The zero-order valence-electron chi connectivity index (χ0n) is 13.0. The van der Waals surface area contributed by atoms with Crippen LogP contribution in [0.4, 0.5) is 5.82 Å². The molecular formula is C15H23N3O3. The molecule has 1 saturated carbocycles. The molecule has 0 bridgehead atoms. The van der Waals surface area contributed by atoms with E-state index in [4.69, 9.17) is 9.84 Å². The molecule has 1 fully saturated rings. The zero-order valence-corrected chi connectivity index (χ0v) is 13.0. The Morgan fingerprint density at radius 2 is 2.10 bits per heavy atom. The molecular weight excluding hydrogens is 270 g/mol. The fraction of sp³-hybridized carbons (Fsp3) is 0.667. The Morgan fingerprint density at radius 3 is 2.52 bits per heavy atom. The molecule has 1 heterocycles. The van der Waals surface area contributed by atoms with Crippen molar-refractivity contribution in [2.24, 2.45) is 5.41 Å². The Morgan fingerprint density at radius 1 is 1.43 bits per heavy atom. The third-order valence-electron chi connectivity index (χ3n) is 5.03. The van der Waals surface area contributed by atoms with Crippen molar-refractivity contribution >= 4 is 11.8 Å². The predicted octanol–water partition coefficient (Wildman–Crippen LogP) is 2.20. The van der Waals surface area contributed by atoms with Gasteiger partial charge in [-0.3, -0.25) is 0 Å². The van der Waals surface area contributed by atoms with Crippen molar-refractivity contribution in [3.05, 3.63) is 18.1 Å². The van der Waals surface area contributed by atoms with E-state index < -0.39 is 5.97 Å². The highest BCUT2D eigenvalue weighted by Gasteiger charge is 2.54. The molecule has 1 aliphatic rings. The van der Waals surface area contributed by atoms with Gasteiger partial charge in [-0.1, -0.05) is 13.8 Å². The van der Waals surface area contributed by atoms with E-state index in [0.29, 0.717) is 11.9 Å². The first-order valence-corrected chi connectivity index (χ1v) is 7.31. The second-order valence-corrected chi connectivity index (χ2v) is 5.59. The molecule has 0 spiro atoms. The Hall–Kier alpha value is -1.69. The van der Waals surface area contributed by atoms with Crippen LogP contribution in [0.15, 0.2) is 12.4 Å². The van der Waals surface area contributed by atoms with Crippen molar-refractivity contribution < 1.29 is 14.6 Å². The van der Waals surface area contributed by atoms with Crippen molar-refractivity contribution in [1.29, 1.82) is 0 Å². The van der Waals surface area contributed by atoms with Gasteiger partial charge < -0.3 is 14.7 Å². The van der Waals surface area contributed by atoms with Gasteiger partial charge in [-0.2, -0.15) is 0 Å². The van der Waals surface area contributed by atoms with Crippen LogP contribution in [0.3, 0.4) is 0 Å². The normalized spacial score (nSPS) is 23.4. The minimum Gasteiger partial charge on any atom is -0.476 e. The molecule has 1 aromatic heterocycles. The number of ether oxygens (including phenoxy) is 1. The molecule has 116 valence electrons. The Kier molecular flexibility index (Phi) is 4.46. The maximum Gasteiger partial charge on any atom is 0.356 e. The number of nitrogens with zero attached hydrogens (tertiary/aromatic N) is 3. The summed E-state index contributed by atoms with van der Waals surface area (Å²) in [6.45, 7) is 4.38. The highest BCUT2D eigenvalue weighted by Crippen LogP contribution is 2.51. The van der Waals surface area contributed by atoms with Gasteiger partial charge in [0.15, 0.2) is 5.69 Å². The smallest absolute Gasteiger partial charge is 0.356 e. The van der Waals surface area contributed by atoms with Crippen molar-refractivity contribution in [2.45, 2.75) is 45.3 Å². The van der Waals surface area contributed by atoms with Crippen LogP contribution < -0.4 is 4.90 Å². The number of aromatic nitrogens is 2. The first-order chi connectivity index (χ1) is 10.00. The number of hydrogen-bond donors (Lipinski definition) is 1. The lowest BCUT2D eigenvalue weighted by Crippen LogP contribution is -2.63.